The summed E-state index contributed by atoms with van der Waals surface area (Å²) in [4.78, 5) is 25.2. The van der Waals surface area contributed by atoms with Crippen molar-refractivity contribution < 1.29 is 18.7 Å². The number of piperidine rings is 1. The van der Waals surface area contributed by atoms with Gasteiger partial charge in [0.1, 0.15) is 20.9 Å². The summed E-state index contributed by atoms with van der Waals surface area (Å²) >= 11 is 2.26. The molecule has 0 radical (unpaired) electrons. The number of ether oxygens (including phenoxy) is 2. The number of carbonyl (C=O) groups is 1. The zero-order valence-electron chi connectivity index (χ0n) is 25.7. The maximum Gasteiger partial charge on any atom is 0.408 e. The molecule has 1 aliphatic heterocycles. The Morgan fingerprint density at radius 3 is 2.60 bits per heavy atom. The molecule has 10 nitrogen and oxygen atoms in total. The highest BCUT2D eigenvalue weighted by atomic mass is 127. The molecular weight excluding hydrogens is 688 g/mol. The van der Waals surface area contributed by atoms with Crippen LogP contribution in [0, 0.1) is 14.9 Å². The first-order chi connectivity index (χ1) is 21.5. The van der Waals surface area contributed by atoms with Crippen molar-refractivity contribution in [3.05, 3.63) is 81.1 Å². The van der Waals surface area contributed by atoms with E-state index in [0.717, 1.165) is 61.6 Å². The number of rotatable bonds is 5. The molecule has 1 saturated heterocycles. The van der Waals surface area contributed by atoms with Crippen LogP contribution in [0.4, 0.5) is 15.1 Å². The third kappa shape index (κ3) is 5.46. The summed E-state index contributed by atoms with van der Waals surface area (Å²) in [5, 5.41) is 8.93. The first-order valence-electron chi connectivity index (χ1n) is 15.1. The first kappa shape index (κ1) is 29.8. The smallest absolute Gasteiger partial charge is 0.408 e. The largest absolute Gasteiger partial charge is 0.497 e. The number of anilines is 1. The number of alkyl carbamates (subject to hydrolysis) is 1. The van der Waals surface area contributed by atoms with Gasteiger partial charge in [0.05, 0.1) is 25.1 Å². The van der Waals surface area contributed by atoms with Crippen molar-refractivity contribution in [2.75, 3.05) is 25.1 Å². The topological polar surface area (TPSA) is 98.8 Å². The Morgan fingerprint density at radius 2 is 1.89 bits per heavy atom. The average molecular weight is 724 g/mol. The van der Waals surface area contributed by atoms with E-state index in [-0.39, 0.29) is 17.3 Å². The molecule has 1 N–H and O–H groups in total. The number of carbonyl (C=O) groups excluding carboxylic acids is 1. The van der Waals surface area contributed by atoms with Crippen LogP contribution in [-0.2, 0) is 17.7 Å². The second-order valence-corrected chi connectivity index (χ2v) is 14.0. The van der Waals surface area contributed by atoms with E-state index in [2.05, 4.69) is 32.8 Å². The number of fused-ring (bicyclic) bond motifs is 4. The van der Waals surface area contributed by atoms with Crippen LogP contribution < -0.4 is 15.0 Å². The van der Waals surface area contributed by atoms with Crippen molar-refractivity contribution >= 4 is 51.3 Å². The Balaban J connectivity index is 1.20. The first-order valence-corrected chi connectivity index (χ1v) is 16.2. The minimum absolute atomic E-state index is 0.264. The number of aromatic nitrogens is 5. The lowest BCUT2D eigenvalue weighted by atomic mass is 9.73. The summed E-state index contributed by atoms with van der Waals surface area (Å²) in [6.07, 6.45) is 5.53. The molecule has 45 heavy (non-hydrogen) atoms. The number of benzene rings is 2. The maximum atomic E-state index is 14.3. The van der Waals surface area contributed by atoms with Crippen LogP contribution in [0.25, 0.3) is 16.7 Å². The van der Waals surface area contributed by atoms with Gasteiger partial charge in [-0.05, 0) is 104 Å². The zero-order chi connectivity index (χ0) is 31.5. The molecule has 0 saturated carbocycles. The summed E-state index contributed by atoms with van der Waals surface area (Å²) in [7, 11) is 1.66. The highest BCUT2D eigenvalue weighted by molar-refractivity contribution is 14.1. The molecular formula is C33H35FIN7O3. The minimum atomic E-state index is -0.622. The van der Waals surface area contributed by atoms with Crippen molar-refractivity contribution in [3.8, 4) is 5.75 Å². The predicted octanol–water partition coefficient (Wildman–Crippen LogP) is 6.29. The number of methoxy groups -OCH3 is 1. The number of halogens is 2. The van der Waals surface area contributed by atoms with E-state index in [1.54, 1.807) is 19.4 Å². The Kier molecular flexibility index (Phi) is 7.37. The van der Waals surface area contributed by atoms with Crippen LogP contribution >= 0.6 is 22.6 Å². The highest BCUT2D eigenvalue weighted by Crippen LogP contribution is 2.52. The number of amides is 1. The van der Waals surface area contributed by atoms with Crippen LogP contribution in [0.2, 0.25) is 0 Å². The molecule has 4 heterocycles. The van der Waals surface area contributed by atoms with Gasteiger partial charge in [-0.2, -0.15) is 10.1 Å². The molecule has 5 aromatic rings. The fraction of sp³-hybridized carbons (Fsp3) is 0.394. The third-order valence-corrected chi connectivity index (χ3v) is 9.69. The normalized spacial score (nSPS) is 17.6. The zero-order valence-corrected chi connectivity index (χ0v) is 27.8. The van der Waals surface area contributed by atoms with Gasteiger partial charge < -0.3 is 19.7 Å². The average Bonchev–Trinajstić information content (AvgIpc) is 3.67. The predicted molar refractivity (Wildman–Crippen MR) is 177 cm³/mol. The van der Waals surface area contributed by atoms with E-state index in [4.69, 9.17) is 24.5 Å². The minimum Gasteiger partial charge on any atom is -0.497 e. The molecule has 1 spiro atoms. The van der Waals surface area contributed by atoms with Crippen molar-refractivity contribution in [3.63, 3.8) is 0 Å². The van der Waals surface area contributed by atoms with Crippen LogP contribution in [0.1, 0.15) is 56.3 Å². The van der Waals surface area contributed by atoms with E-state index in [0.29, 0.717) is 26.1 Å². The van der Waals surface area contributed by atoms with E-state index in [9.17, 15) is 9.18 Å². The Hall–Kier alpha value is -3.94. The van der Waals surface area contributed by atoms with E-state index < -0.39 is 11.7 Å². The summed E-state index contributed by atoms with van der Waals surface area (Å²) in [6, 6.07) is 12.6. The molecule has 2 aromatic carbocycles. The SMILES string of the molecule is COc1ccc(Cn2nc(I)c3c2nc(N2CCC4(CC2)Cc2cc(F)ccc2[C@H]4NC(=O)OC(C)(C)C)n2ccnc32)cc1. The summed E-state index contributed by atoms with van der Waals surface area (Å²) in [5.41, 5.74) is 3.69. The Labute approximate surface area is 274 Å². The molecule has 234 valence electrons. The molecule has 1 fully saturated rings. The maximum absolute atomic E-state index is 14.3. The number of imidazole rings is 1. The van der Waals surface area contributed by atoms with Gasteiger partial charge in [-0.1, -0.05) is 18.2 Å². The molecule has 2 aliphatic rings. The summed E-state index contributed by atoms with van der Waals surface area (Å²) < 4.78 is 30.1. The van der Waals surface area contributed by atoms with Gasteiger partial charge in [0.25, 0.3) is 0 Å². The van der Waals surface area contributed by atoms with Crippen molar-refractivity contribution in [2.24, 2.45) is 5.41 Å². The van der Waals surface area contributed by atoms with Gasteiger partial charge in [0.15, 0.2) is 11.3 Å². The van der Waals surface area contributed by atoms with Crippen molar-refractivity contribution in [1.29, 1.82) is 0 Å². The van der Waals surface area contributed by atoms with Crippen LogP contribution in [0.3, 0.4) is 0 Å². The molecule has 1 atom stereocenters. The van der Waals surface area contributed by atoms with Gasteiger partial charge in [0.2, 0.25) is 5.95 Å². The lowest BCUT2D eigenvalue weighted by molar-refractivity contribution is 0.0428. The number of nitrogens with zero attached hydrogens (tertiary/aromatic N) is 6. The lowest BCUT2D eigenvalue weighted by Gasteiger charge is -2.43. The van der Waals surface area contributed by atoms with E-state index >= 15 is 0 Å². The molecule has 1 amide bonds. The molecule has 7 rings (SSSR count). The number of nitrogens with one attached hydrogen (secondary N) is 1. The molecule has 0 bridgehead atoms. The van der Waals surface area contributed by atoms with Crippen LogP contribution in [0.5, 0.6) is 5.75 Å². The Morgan fingerprint density at radius 1 is 1.13 bits per heavy atom. The second kappa shape index (κ2) is 11.1. The lowest BCUT2D eigenvalue weighted by Crippen LogP contribution is -2.48. The summed E-state index contributed by atoms with van der Waals surface area (Å²) in [5.74, 6) is 1.34. The van der Waals surface area contributed by atoms with E-state index in [1.165, 1.54) is 6.07 Å². The number of hydrogen-bond acceptors (Lipinski definition) is 7. The fourth-order valence-electron chi connectivity index (χ4n) is 6.86. The van der Waals surface area contributed by atoms with Gasteiger partial charge in [-0.3, -0.25) is 4.40 Å². The summed E-state index contributed by atoms with van der Waals surface area (Å²) in [6.45, 7) is 7.52. The van der Waals surface area contributed by atoms with Gasteiger partial charge in [-0.25, -0.2) is 18.9 Å². The fourth-order valence-corrected chi connectivity index (χ4v) is 7.60. The van der Waals surface area contributed by atoms with Gasteiger partial charge in [-0.15, -0.1) is 0 Å². The number of hydrogen-bond donors (Lipinski definition) is 1. The van der Waals surface area contributed by atoms with Crippen LogP contribution in [-0.4, -0.2) is 56.0 Å². The Bertz CT molecular complexity index is 1910. The molecule has 12 heteroatoms. The standard InChI is InChI=1S/C33H35FIN7O3/c1-32(2,3)45-31(43)37-26-24-10-7-22(34)17-21(24)18-33(26)11-14-40(15-12-33)30-38-29-25(28-36-13-16-41(28)30)27(35)39-42(29)19-20-5-8-23(44-4)9-6-20/h5-10,13,16-17,26H,11-12,14-15,18-19H2,1-4H3,(H,37,43)/t26-/m1/s1. The van der Waals surface area contributed by atoms with Crippen molar-refractivity contribution in [2.45, 2.75) is 58.2 Å². The molecule has 3 aromatic heterocycles. The third-order valence-electron chi connectivity index (χ3n) is 8.93. The highest BCUT2D eigenvalue weighted by Gasteiger charge is 2.49. The van der Waals surface area contributed by atoms with Crippen LogP contribution in [0.15, 0.2) is 54.9 Å². The second-order valence-electron chi connectivity index (χ2n) is 13.0. The van der Waals surface area contributed by atoms with Gasteiger partial charge >= 0.3 is 6.09 Å². The quantitative estimate of drug-likeness (QED) is 0.213. The molecule has 1 aliphatic carbocycles. The monoisotopic (exact) mass is 723 g/mol. The van der Waals surface area contributed by atoms with Crippen molar-refractivity contribution in [1.82, 2.24) is 29.5 Å². The van der Waals surface area contributed by atoms with Gasteiger partial charge in [0, 0.05) is 30.9 Å². The molecule has 0 unspecified atom stereocenters. The van der Waals surface area contributed by atoms with E-state index in [1.807, 2.05) is 66.4 Å².